The van der Waals surface area contributed by atoms with Crippen LogP contribution in [-0.4, -0.2) is 27.0 Å². The van der Waals surface area contributed by atoms with Crippen molar-refractivity contribution in [3.05, 3.63) is 80.3 Å². The van der Waals surface area contributed by atoms with Crippen LogP contribution in [-0.2, 0) is 9.59 Å². The first-order valence-electron chi connectivity index (χ1n) is 8.80. The normalized spacial score (nSPS) is 18.4. The van der Waals surface area contributed by atoms with Gasteiger partial charge in [0.05, 0.1) is 11.6 Å². The maximum atomic E-state index is 13.0. The molecular weight excluding hydrogens is 454 g/mol. The van der Waals surface area contributed by atoms with E-state index in [0.717, 1.165) is 10.0 Å². The number of carbonyl (C=O) groups is 2. The smallest absolute Gasteiger partial charge is 0.301 e. The van der Waals surface area contributed by atoms with Gasteiger partial charge in [0.2, 0.25) is 5.13 Å². The van der Waals surface area contributed by atoms with Crippen LogP contribution in [0.3, 0.4) is 0 Å². The third-order valence-corrected chi connectivity index (χ3v) is 6.04. The van der Waals surface area contributed by atoms with Gasteiger partial charge in [-0.3, -0.25) is 14.5 Å². The number of aliphatic hydroxyl groups is 1. The standard InChI is InChI=1S/C21H16BrN3O3S/c1-11-3-5-14(6-4-11)18(26)16-17(13-7-9-15(22)10-8-13)25(20(28)19(16)27)21-24-23-12(2)29-21/h3-10,17,26H,1-2H3/t17-/m1/s1. The minimum absolute atomic E-state index is 0.0361. The second kappa shape index (κ2) is 7.53. The predicted octanol–water partition coefficient (Wildman–Crippen LogP) is 4.54. The van der Waals surface area contributed by atoms with Crippen LogP contribution in [0.25, 0.3) is 5.76 Å². The molecule has 29 heavy (non-hydrogen) atoms. The zero-order valence-corrected chi connectivity index (χ0v) is 18.0. The van der Waals surface area contributed by atoms with Gasteiger partial charge >= 0.3 is 5.91 Å². The number of aryl methyl sites for hydroxylation is 2. The van der Waals surface area contributed by atoms with Gasteiger partial charge in [0.1, 0.15) is 10.8 Å². The van der Waals surface area contributed by atoms with Gasteiger partial charge in [0.25, 0.3) is 5.78 Å². The van der Waals surface area contributed by atoms with E-state index < -0.39 is 17.7 Å². The van der Waals surface area contributed by atoms with E-state index in [1.54, 1.807) is 19.1 Å². The highest BCUT2D eigenvalue weighted by molar-refractivity contribution is 9.10. The van der Waals surface area contributed by atoms with Crippen molar-refractivity contribution in [1.82, 2.24) is 10.2 Å². The Balaban J connectivity index is 1.93. The molecule has 1 amide bonds. The second-order valence-electron chi connectivity index (χ2n) is 6.69. The van der Waals surface area contributed by atoms with E-state index >= 15 is 0 Å². The Labute approximate surface area is 179 Å². The zero-order valence-electron chi connectivity index (χ0n) is 15.6. The number of Topliss-reactive ketones (excluding diaryl/α,β-unsaturated/α-hetero) is 1. The van der Waals surface area contributed by atoms with Crippen molar-refractivity contribution in [2.45, 2.75) is 19.9 Å². The molecule has 1 N–H and O–H groups in total. The third kappa shape index (κ3) is 3.49. The average molecular weight is 470 g/mol. The molecule has 146 valence electrons. The summed E-state index contributed by atoms with van der Waals surface area (Å²) in [6.45, 7) is 3.71. The lowest BCUT2D eigenvalue weighted by Gasteiger charge is -2.22. The number of amides is 1. The van der Waals surface area contributed by atoms with Crippen molar-refractivity contribution in [2.24, 2.45) is 0 Å². The van der Waals surface area contributed by atoms with Crippen molar-refractivity contribution >= 4 is 49.8 Å². The highest BCUT2D eigenvalue weighted by Crippen LogP contribution is 2.43. The van der Waals surface area contributed by atoms with Crippen molar-refractivity contribution in [1.29, 1.82) is 0 Å². The lowest BCUT2D eigenvalue weighted by molar-refractivity contribution is -0.132. The van der Waals surface area contributed by atoms with Crippen LogP contribution in [0.5, 0.6) is 0 Å². The summed E-state index contributed by atoms with van der Waals surface area (Å²) in [5.41, 5.74) is 2.22. The van der Waals surface area contributed by atoms with E-state index in [9.17, 15) is 14.7 Å². The summed E-state index contributed by atoms with van der Waals surface area (Å²) in [5, 5.41) is 20.0. The molecule has 3 aromatic rings. The lowest BCUT2D eigenvalue weighted by atomic mass is 9.95. The number of anilines is 1. The minimum atomic E-state index is -0.795. The van der Waals surface area contributed by atoms with Gasteiger partial charge in [-0.1, -0.05) is 69.2 Å². The van der Waals surface area contributed by atoms with Gasteiger partial charge in [-0.25, -0.2) is 0 Å². The fourth-order valence-electron chi connectivity index (χ4n) is 3.24. The van der Waals surface area contributed by atoms with Crippen LogP contribution < -0.4 is 4.90 Å². The van der Waals surface area contributed by atoms with E-state index in [0.29, 0.717) is 21.3 Å². The van der Waals surface area contributed by atoms with Gasteiger partial charge in [0, 0.05) is 10.0 Å². The molecule has 2 aromatic carbocycles. The second-order valence-corrected chi connectivity index (χ2v) is 8.77. The van der Waals surface area contributed by atoms with E-state index in [1.165, 1.54) is 16.2 Å². The number of aliphatic hydroxyl groups excluding tert-OH is 1. The Morgan fingerprint density at radius 2 is 1.69 bits per heavy atom. The SMILES string of the molecule is Cc1ccc(C(O)=C2C(=O)C(=O)N(c3nnc(C)s3)[C@@H]2c2ccc(Br)cc2)cc1. The number of nitrogens with zero attached hydrogens (tertiary/aromatic N) is 3. The molecule has 0 saturated carbocycles. The molecule has 1 saturated heterocycles. The number of ketones is 1. The van der Waals surface area contributed by atoms with E-state index in [2.05, 4.69) is 26.1 Å². The third-order valence-electron chi connectivity index (χ3n) is 4.68. The van der Waals surface area contributed by atoms with Gasteiger partial charge in [-0.05, 0) is 31.5 Å². The quantitative estimate of drug-likeness (QED) is 0.345. The molecule has 1 aliphatic rings. The monoisotopic (exact) mass is 469 g/mol. The number of hydrogen-bond donors (Lipinski definition) is 1. The lowest BCUT2D eigenvalue weighted by Crippen LogP contribution is -2.29. The number of benzene rings is 2. The first-order valence-corrected chi connectivity index (χ1v) is 10.4. The molecule has 1 aliphatic heterocycles. The van der Waals surface area contributed by atoms with Crippen LogP contribution in [0.1, 0.15) is 27.7 Å². The molecule has 0 aliphatic carbocycles. The summed E-state index contributed by atoms with van der Waals surface area (Å²) >= 11 is 4.62. The van der Waals surface area contributed by atoms with Gasteiger partial charge < -0.3 is 5.11 Å². The molecule has 0 unspecified atom stereocenters. The summed E-state index contributed by atoms with van der Waals surface area (Å²) in [4.78, 5) is 27.2. The minimum Gasteiger partial charge on any atom is -0.507 e. The summed E-state index contributed by atoms with van der Waals surface area (Å²) in [6, 6.07) is 13.6. The van der Waals surface area contributed by atoms with Crippen LogP contribution in [0.2, 0.25) is 0 Å². The number of carbonyl (C=O) groups excluding carboxylic acids is 2. The Morgan fingerprint density at radius 1 is 1.03 bits per heavy atom. The topological polar surface area (TPSA) is 83.4 Å². The Kier molecular flexibility index (Phi) is 5.06. The number of aromatic nitrogens is 2. The van der Waals surface area contributed by atoms with Gasteiger partial charge in [0.15, 0.2) is 0 Å². The van der Waals surface area contributed by atoms with E-state index in [4.69, 9.17) is 0 Å². The fourth-order valence-corrected chi connectivity index (χ4v) is 4.22. The molecule has 2 heterocycles. The predicted molar refractivity (Wildman–Crippen MR) is 115 cm³/mol. The number of hydrogen-bond acceptors (Lipinski definition) is 6. The molecule has 0 radical (unpaired) electrons. The average Bonchev–Trinajstić information content (AvgIpc) is 3.24. The molecule has 1 aromatic heterocycles. The molecule has 4 rings (SSSR count). The summed E-state index contributed by atoms with van der Waals surface area (Å²) in [7, 11) is 0. The molecule has 6 nitrogen and oxygen atoms in total. The molecule has 1 atom stereocenters. The summed E-state index contributed by atoms with van der Waals surface area (Å²) in [5.74, 6) is -1.69. The van der Waals surface area contributed by atoms with Crippen molar-refractivity contribution in [3.63, 3.8) is 0 Å². The van der Waals surface area contributed by atoms with Gasteiger partial charge in [-0.2, -0.15) is 0 Å². The van der Waals surface area contributed by atoms with Crippen molar-refractivity contribution < 1.29 is 14.7 Å². The maximum absolute atomic E-state index is 13.0. The van der Waals surface area contributed by atoms with Crippen LogP contribution in [0, 0.1) is 13.8 Å². The van der Waals surface area contributed by atoms with E-state index in [1.807, 2.05) is 43.3 Å². The summed E-state index contributed by atoms with van der Waals surface area (Å²) in [6.07, 6.45) is 0. The van der Waals surface area contributed by atoms with Crippen LogP contribution >= 0.6 is 27.3 Å². The molecule has 8 heteroatoms. The highest BCUT2D eigenvalue weighted by Gasteiger charge is 2.48. The highest BCUT2D eigenvalue weighted by atomic mass is 79.9. The Morgan fingerprint density at radius 3 is 2.28 bits per heavy atom. The maximum Gasteiger partial charge on any atom is 0.301 e. The molecule has 0 spiro atoms. The first-order chi connectivity index (χ1) is 13.9. The largest absolute Gasteiger partial charge is 0.507 e. The van der Waals surface area contributed by atoms with E-state index in [-0.39, 0.29) is 11.3 Å². The molecule has 1 fully saturated rings. The van der Waals surface area contributed by atoms with Crippen LogP contribution in [0.4, 0.5) is 5.13 Å². The van der Waals surface area contributed by atoms with Crippen LogP contribution in [0.15, 0.2) is 58.6 Å². The van der Waals surface area contributed by atoms with Crippen molar-refractivity contribution in [2.75, 3.05) is 4.90 Å². The van der Waals surface area contributed by atoms with Crippen molar-refractivity contribution in [3.8, 4) is 0 Å². The zero-order chi connectivity index (χ0) is 20.7. The summed E-state index contributed by atoms with van der Waals surface area (Å²) < 4.78 is 0.864. The molecular formula is C21H16BrN3O3S. The Hall–Kier alpha value is -2.84. The first kappa shape index (κ1) is 19.5. The number of rotatable bonds is 3. The number of halogens is 1. The molecule has 0 bridgehead atoms. The van der Waals surface area contributed by atoms with Gasteiger partial charge in [-0.15, -0.1) is 10.2 Å². The Bertz CT molecular complexity index is 1140. The fraction of sp³-hybridized carbons (Fsp3) is 0.143.